The molecule has 0 unspecified atom stereocenters. The Morgan fingerprint density at radius 3 is 2.85 bits per heavy atom. The van der Waals surface area contributed by atoms with Gasteiger partial charge in [0, 0.05) is 44.6 Å². The quantitative estimate of drug-likeness (QED) is 0.544. The minimum Gasteiger partial charge on any atom is -0.296 e. The summed E-state index contributed by atoms with van der Waals surface area (Å²) in [6.45, 7) is 2.72. The first-order valence-electron chi connectivity index (χ1n) is 6.16. The molecule has 0 aliphatic rings. The van der Waals surface area contributed by atoms with Crippen molar-refractivity contribution in [3.05, 3.63) is 65.4 Å². The van der Waals surface area contributed by atoms with Crippen molar-refractivity contribution < 1.29 is 37.5 Å². The van der Waals surface area contributed by atoms with Gasteiger partial charge < -0.3 is 0 Å². The van der Waals surface area contributed by atoms with Gasteiger partial charge in [0.2, 0.25) is 0 Å². The van der Waals surface area contributed by atoms with Gasteiger partial charge in [-0.25, -0.2) is 0 Å². The van der Waals surface area contributed by atoms with Crippen LogP contribution in [0.25, 0.3) is 10.9 Å². The number of carbonyl (C=O) groups is 1. The zero-order valence-corrected chi connectivity index (χ0v) is 14.0. The number of benzene rings is 2. The summed E-state index contributed by atoms with van der Waals surface area (Å²) in [5, 5.41) is 5.28. The van der Waals surface area contributed by atoms with Crippen molar-refractivity contribution in [1.29, 1.82) is 0 Å². The summed E-state index contributed by atoms with van der Waals surface area (Å²) in [7, 11) is 0. The second kappa shape index (κ2) is 6.42. The Morgan fingerprint density at radius 1 is 1.30 bits per heavy atom. The van der Waals surface area contributed by atoms with Crippen molar-refractivity contribution >= 4 is 17.2 Å². The van der Waals surface area contributed by atoms with E-state index in [0.29, 0.717) is 12.2 Å². The molecule has 0 fully saturated rings. The van der Waals surface area contributed by atoms with Gasteiger partial charge in [0.15, 0.2) is 6.29 Å². The summed E-state index contributed by atoms with van der Waals surface area (Å²) in [5.41, 5.74) is 3.84. The van der Waals surface area contributed by atoms with E-state index in [2.05, 4.69) is 18.1 Å². The van der Waals surface area contributed by atoms with Crippen molar-refractivity contribution in [1.82, 2.24) is 9.78 Å². The maximum Gasteiger partial charge on any atom is 0.170 e. The fourth-order valence-corrected chi connectivity index (χ4v) is 2.25. The normalized spacial score (nSPS) is 10.2. The van der Waals surface area contributed by atoms with Crippen LogP contribution >= 0.6 is 0 Å². The second-order valence-electron chi connectivity index (χ2n) is 4.53. The number of aromatic nitrogens is 2. The maximum absolute atomic E-state index is 11.1. The molecule has 0 amide bonds. The number of carbonyl (C=O) groups excluding carboxylic acids is 1. The molecule has 0 spiro atoms. The first-order valence-corrected chi connectivity index (χ1v) is 6.16. The monoisotopic (exact) mass is 338 g/mol. The van der Waals surface area contributed by atoms with E-state index in [1.807, 2.05) is 47.1 Å². The molecule has 0 N–H and O–H groups in total. The van der Waals surface area contributed by atoms with E-state index in [4.69, 9.17) is 0 Å². The van der Waals surface area contributed by atoms with Crippen LogP contribution in [0.2, 0.25) is 0 Å². The van der Waals surface area contributed by atoms with Gasteiger partial charge in [0.25, 0.3) is 0 Å². The summed E-state index contributed by atoms with van der Waals surface area (Å²) < 4.78 is 1.88. The van der Waals surface area contributed by atoms with E-state index in [-0.39, 0.29) is 32.7 Å². The zero-order valence-electron chi connectivity index (χ0n) is 11.2. The molecule has 1 radical (unpaired) electrons. The Labute approximate surface area is 142 Å². The number of aryl methyl sites for hydroxylation is 1. The fourth-order valence-electron chi connectivity index (χ4n) is 2.25. The van der Waals surface area contributed by atoms with Gasteiger partial charge in [-0.15, -0.1) is 5.56 Å². The van der Waals surface area contributed by atoms with E-state index in [1.165, 1.54) is 11.1 Å². The van der Waals surface area contributed by atoms with E-state index >= 15 is 0 Å². The van der Waals surface area contributed by atoms with Crippen LogP contribution in [0.1, 0.15) is 21.6 Å². The molecular weight excluding hydrogens is 325 g/mol. The van der Waals surface area contributed by atoms with Gasteiger partial charge in [0.1, 0.15) is 5.69 Å². The van der Waals surface area contributed by atoms with Crippen LogP contribution in [-0.4, -0.2) is 16.1 Å². The van der Waals surface area contributed by atoms with Gasteiger partial charge in [-0.05, 0) is 6.07 Å². The largest absolute Gasteiger partial charge is 0.296 e. The number of para-hydroxylation sites is 1. The van der Waals surface area contributed by atoms with E-state index in [1.54, 1.807) is 0 Å². The SMILES string of the molecule is Cc1c[c-]ccc1Cn1nc(C=O)c2ccccc21.[Y]. The van der Waals surface area contributed by atoms with Crippen LogP contribution in [0.5, 0.6) is 0 Å². The summed E-state index contributed by atoms with van der Waals surface area (Å²) in [6.07, 6.45) is 0.810. The van der Waals surface area contributed by atoms with E-state index in [0.717, 1.165) is 17.2 Å². The summed E-state index contributed by atoms with van der Waals surface area (Å²) in [6, 6.07) is 16.7. The van der Waals surface area contributed by atoms with Gasteiger partial charge in [-0.3, -0.25) is 9.48 Å². The molecule has 3 nitrogen and oxygen atoms in total. The summed E-state index contributed by atoms with van der Waals surface area (Å²) in [5.74, 6) is 0. The number of fused-ring (bicyclic) bond motifs is 1. The number of nitrogens with zero attached hydrogens (tertiary/aromatic N) is 2. The second-order valence-corrected chi connectivity index (χ2v) is 4.53. The fraction of sp³-hybridized carbons (Fsp3) is 0.125. The maximum atomic E-state index is 11.1. The topological polar surface area (TPSA) is 34.9 Å². The smallest absolute Gasteiger partial charge is 0.170 e. The van der Waals surface area contributed by atoms with E-state index < -0.39 is 0 Å². The van der Waals surface area contributed by atoms with Crippen molar-refractivity contribution in [2.24, 2.45) is 0 Å². The Morgan fingerprint density at radius 2 is 2.10 bits per heavy atom. The molecular formula is C16H13N2OY-. The minimum absolute atomic E-state index is 0. The van der Waals surface area contributed by atoms with Crippen LogP contribution in [0.15, 0.2) is 42.5 Å². The third-order valence-corrected chi connectivity index (χ3v) is 3.31. The Kier molecular flexibility index (Phi) is 4.84. The van der Waals surface area contributed by atoms with Gasteiger partial charge in [-0.2, -0.15) is 34.9 Å². The molecule has 3 rings (SSSR count). The number of aldehydes is 1. The van der Waals surface area contributed by atoms with Crippen molar-refractivity contribution in [2.75, 3.05) is 0 Å². The molecule has 0 atom stereocenters. The Hall–Kier alpha value is -1.32. The van der Waals surface area contributed by atoms with Gasteiger partial charge in [0.05, 0.1) is 5.52 Å². The Balaban J connectivity index is 0.00000147. The standard InChI is InChI=1S/C16H13N2O.Y/c1-12-6-2-3-7-13(12)10-18-16-9-5-4-8-14(16)15(11-19)17-18;/h3-9,11H,10H2,1H3;/q-1;. The van der Waals surface area contributed by atoms with Gasteiger partial charge >= 0.3 is 0 Å². The van der Waals surface area contributed by atoms with E-state index in [9.17, 15) is 4.79 Å². The molecule has 3 aromatic rings. The first kappa shape index (κ1) is 15.1. The van der Waals surface area contributed by atoms with Crippen molar-refractivity contribution in [3.8, 4) is 0 Å². The molecule has 97 valence electrons. The van der Waals surface area contributed by atoms with Crippen LogP contribution < -0.4 is 0 Å². The molecule has 0 bridgehead atoms. The van der Waals surface area contributed by atoms with Crippen LogP contribution in [0.4, 0.5) is 0 Å². The molecule has 0 aliphatic carbocycles. The average molecular weight is 338 g/mol. The Bertz CT molecular complexity index is 749. The summed E-state index contributed by atoms with van der Waals surface area (Å²) in [4.78, 5) is 11.1. The predicted octanol–water partition coefficient (Wildman–Crippen LogP) is 3.00. The van der Waals surface area contributed by atoms with Crippen LogP contribution in [0, 0.1) is 13.0 Å². The van der Waals surface area contributed by atoms with Crippen LogP contribution in [-0.2, 0) is 39.3 Å². The summed E-state index contributed by atoms with van der Waals surface area (Å²) >= 11 is 0. The molecule has 20 heavy (non-hydrogen) atoms. The van der Waals surface area contributed by atoms with Crippen molar-refractivity contribution in [3.63, 3.8) is 0 Å². The number of hydrogen-bond donors (Lipinski definition) is 0. The molecule has 1 heterocycles. The molecule has 2 aromatic carbocycles. The predicted molar refractivity (Wildman–Crippen MR) is 74.2 cm³/mol. The minimum atomic E-state index is 0. The molecule has 0 aliphatic heterocycles. The molecule has 1 aromatic heterocycles. The third kappa shape index (κ3) is 2.74. The molecule has 4 heteroatoms. The zero-order chi connectivity index (χ0) is 13.2. The molecule has 0 saturated heterocycles. The number of hydrogen-bond acceptors (Lipinski definition) is 2. The molecule has 0 saturated carbocycles. The van der Waals surface area contributed by atoms with Crippen molar-refractivity contribution in [2.45, 2.75) is 13.5 Å². The average Bonchev–Trinajstić information content (AvgIpc) is 2.80. The van der Waals surface area contributed by atoms with Gasteiger partial charge in [-0.1, -0.05) is 25.1 Å². The van der Waals surface area contributed by atoms with Crippen LogP contribution in [0.3, 0.4) is 0 Å². The third-order valence-electron chi connectivity index (χ3n) is 3.31. The number of rotatable bonds is 3. The first-order chi connectivity index (χ1) is 9.29.